The fourth-order valence-corrected chi connectivity index (χ4v) is 3.08. The quantitative estimate of drug-likeness (QED) is 0.551. The SMILES string of the molecule is FC(F)(F)c1cccc(-c2nn3c(-c4ccncc4)nnc3s2)c1. The summed E-state index contributed by atoms with van der Waals surface area (Å²) < 4.78 is 40.1. The van der Waals surface area contributed by atoms with Crippen LogP contribution in [0.1, 0.15) is 5.56 Å². The summed E-state index contributed by atoms with van der Waals surface area (Å²) >= 11 is 1.18. The van der Waals surface area contributed by atoms with E-state index in [1.54, 1.807) is 30.6 Å². The molecule has 4 rings (SSSR count). The van der Waals surface area contributed by atoms with Crippen molar-refractivity contribution in [1.29, 1.82) is 0 Å². The van der Waals surface area contributed by atoms with Crippen LogP contribution in [0.4, 0.5) is 13.2 Å². The number of pyridine rings is 1. The predicted octanol–water partition coefficient (Wildman–Crippen LogP) is 3.93. The van der Waals surface area contributed by atoms with E-state index in [1.807, 2.05) is 0 Å². The van der Waals surface area contributed by atoms with E-state index in [1.165, 1.54) is 21.9 Å². The molecule has 0 radical (unpaired) electrons. The highest BCUT2D eigenvalue weighted by atomic mass is 32.1. The van der Waals surface area contributed by atoms with Crippen LogP contribution in [0.25, 0.3) is 26.9 Å². The van der Waals surface area contributed by atoms with E-state index in [0.717, 1.165) is 17.7 Å². The predicted molar refractivity (Wildman–Crippen MR) is 82.3 cm³/mol. The molecule has 0 bridgehead atoms. The van der Waals surface area contributed by atoms with Crippen LogP contribution in [-0.2, 0) is 6.18 Å². The molecule has 0 saturated carbocycles. The van der Waals surface area contributed by atoms with E-state index in [2.05, 4.69) is 20.3 Å². The minimum Gasteiger partial charge on any atom is -0.265 e. The highest BCUT2D eigenvalue weighted by molar-refractivity contribution is 7.19. The van der Waals surface area contributed by atoms with Crippen molar-refractivity contribution >= 4 is 16.3 Å². The van der Waals surface area contributed by atoms with Gasteiger partial charge in [-0.3, -0.25) is 4.98 Å². The van der Waals surface area contributed by atoms with Gasteiger partial charge in [0.2, 0.25) is 4.96 Å². The highest BCUT2D eigenvalue weighted by Gasteiger charge is 2.30. The van der Waals surface area contributed by atoms with Crippen molar-refractivity contribution in [3.8, 4) is 22.0 Å². The number of alkyl halides is 3. The van der Waals surface area contributed by atoms with E-state index >= 15 is 0 Å². The Morgan fingerprint density at radius 3 is 2.50 bits per heavy atom. The normalized spacial score (nSPS) is 12.0. The van der Waals surface area contributed by atoms with Crippen molar-refractivity contribution in [3.63, 3.8) is 0 Å². The second-order valence-electron chi connectivity index (χ2n) is 4.94. The lowest BCUT2D eigenvalue weighted by Gasteiger charge is -2.06. The molecule has 0 fully saturated rings. The third-order valence-electron chi connectivity index (χ3n) is 3.37. The Morgan fingerprint density at radius 1 is 0.958 bits per heavy atom. The van der Waals surface area contributed by atoms with E-state index in [4.69, 9.17) is 0 Å². The first kappa shape index (κ1) is 14.8. The van der Waals surface area contributed by atoms with E-state index < -0.39 is 11.7 Å². The Hall–Kier alpha value is -2.81. The first-order valence-electron chi connectivity index (χ1n) is 6.83. The number of benzene rings is 1. The molecule has 3 heterocycles. The van der Waals surface area contributed by atoms with Crippen LogP contribution >= 0.6 is 11.3 Å². The molecule has 0 spiro atoms. The molecular weight excluding hydrogens is 339 g/mol. The summed E-state index contributed by atoms with van der Waals surface area (Å²) in [5.41, 5.74) is 0.458. The van der Waals surface area contributed by atoms with Crippen molar-refractivity contribution in [2.45, 2.75) is 6.18 Å². The average Bonchev–Trinajstić information content (AvgIpc) is 3.15. The molecule has 1 aromatic carbocycles. The summed E-state index contributed by atoms with van der Waals surface area (Å²) in [6, 6.07) is 8.60. The molecule has 0 amide bonds. The third-order valence-corrected chi connectivity index (χ3v) is 4.31. The van der Waals surface area contributed by atoms with E-state index in [0.29, 0.717) is 21.4 Å². The lowest BCUT2D eigenvalue weighted by Crippen LogP contribution is -2.04. The molecular formula is C15H8F3N5S. The zero-order valence-electron chi connectivity index (χ0n) is 11.9. The fraction of sp³-hybridized carbons (Fsp3) is 0.0667. The van der Waals surface area contributed by atoms with Crippen molar-refractivity contribution in [2.75, 3.05) is 0 Å². The van der Waals surface area contributed by atoms with Crippen molar-refractivity contribution in [2.24, 2.45) is 0 Å². The van der Waals surface area contributed by atoms with Crippen LogP contribution in [0, 0.1) is 0 Å². The van der Waals surface area contributed by atoms with Crippen LogP contribution in [-0.4, -0.2) is 24.8 Å². The first-order valence-corrected chi connectivity index (χ1v) is 7.64. The largest absolute Gasteiger partial charge is 0.416 e. The molecule has 0 saturated heterocycles. The minimum atomic E-state index is -4.39. The smallest absolute Gasteiger partial charge is 0.265 e. The number of aromatic nitrogens is 5. The first-order chi connectivity index (χ1) is 11.5. The van der Waals surface area contributed by atoms with Crippen LogP contribution in [0.5, 0.6) is 0 Å². The van der Waals surface area contributed by atoms with Gasteiger partial charge in [0.15, 0.2) is 5.82 Å². The Labute approximate surface area is 137 Å². The summed E-state index contributed by atoms with van der Waals surface area (Å²) in [7, 11) is 0. The van der Waals surface area contributed by atoms with Gasteiger partial charge in [-0.15, -0.1) is 10.2 Å². The molecule has 0 atom stereocenters. The Morgan fingerprint density at radius 2 is 1.75 bits per heavy atom. The molecule has 0 unspecified atom stereocenters. The highest BCUT2D eigenvalue weighted by Crippen LogP contribution is 2.33. The minimum absolute atomic E-state index is 0.390. The van der Waals surface area contributed by atoms with Crippen molar-refractivity contribution in [1.82, 2.24) is 24.8 Å². The van der Waals surface area contributed by atoms with Crippen molar-refractivity contribution in [3.05, 3.63) is 54.4 Å². The maximum atomic E-state index is 12.9. The number of hydrogen-bond donors (Lipinski definition) is 0. The monoisotopic (exact) mass is 347 g/mol. The van der Waals surface area contributed by atoms with Gasteiger partial charge in [0.05, 0.1) is 5.56 Å². The Kier molecular flexibility index (Phi) is 3.31. The average molecular weight is 347 g/mol. The van der Waals surface area contributed by atoms with Gasteiger partial charge >= 0.3 is 6.18 Å². The maximum Gasteiger partial charge on any atom is 0.416 e. The summed E-state index contributed by atoms with van der Waals surface area (Å²) in [5, 5.41) is 12.9. The summed E-state index contributed by atoms with van der Waals surface area (Å²) in [6.07, 6.45) is -1.15. The summed E-state index contributed by atoms with van der Waals surface area (Å²) in [5.74, 6) is 0.516. The van der Waals surface area contributed by atoms with Crippen molar-refractivity contribution < 1.29 is 13.2 Å². The molecule has 0 N–H and O–H groups in total. The number of fused-ring (bicyclic) bond motifs is 1. The lowest BCUT2D eigenvalue weighted by molar-refractivity contribution is -0.137. The van der Waals surface area contributed by atoms with Crippen LogP contribution in [0.2, 0.25) is 0 Å². The van der Waals surface area contributed by atoms with E-state index in [-0.39, 0.29) is 0 Å². The zero-order valence-corrected chi connectivity index (χ0v) is 12.7. The molecule has 120 valence electrons. The number of halogens is 3. The van der Waals surface area contributed by atoms with E-state index in [9.17, 15) is 13.2 Å². The molecule has 9 heteroatoms. The van der Waals surface area contributed by atoms with Gasteiger partial charge in [0, 0.05) is 23.5 Å². The fourth-order valence-electron chi connectivity index (χ4n) is 2.24. The molecule has 4 aromatic rings. The summed E-state index contributed by atoms with van der Waals surface area (Å²) in [4.78, 5) is 4.45. The van der Waals surface area contributed by atoms with Crippen LogP contribution in [0.15, 0.2) is 48.8 Å². The van der Waals surface area contributed by atoms with Gasteiger partial charge in [-0.25, -0.2) is 0 Å². The Bertz CT molecular complexity index is 1010. The zero-order chi connectivity index (χ0) is 16.7. The van der Waals surface area contributed by atoms with Crippen LogP contribution < -0.4 is 0 Å². The second kappa shape index (κ2) is 5.38. The number of nitrogens with zero attached hydrogens (tertiary/aromatic N) is 5. The third kappa shape index (κ3) is 2.52. The van der Waals surface area contributed by atoms with Crippen LogP contribution in [0.3, 0.4) is 0 Å². The molecule has 0 aliphatic carbocycles. The van der Waals surface area contributed by atoms with Gasteiger partial charge in [0.25, 0.3) is 0 Å². The van der Waals surface area contributed by atoms with Gasteiger partial charge in [-0.05, 0) is 24.3 Å². The second-order valence-corrected chi connectivity index (χ2v) is 5.90. The maximum absolute atomic E-state index is 12.9. The van der Waals surface area contributed by atoms with Gasteiger partial charge in [-0.1, -0.05) is 23.5 Å². The molecule has 24 heavy (non-hydrogen) atoms. The van der Waals surface area contributed by atoms with Gasteiger partial charge in [-0.2, -0.15) is 22.8 Å². The number of hydrogen-bond acceptors (Lipinski definition) is 5. The molecule has 0 aliphatic rings. The molecule has 5 nitrogen and oxygen atoms in total. The standard InChI is InChI=1S/C15H8F3N5S/c16-15(17,18)11-3-1-2-10(8-11)13-22-23-12(20-21-14(23)24-13)9-4-6-19-7-5-9/h1-8H. The number of rotatable bonds is 2. The molecule has 3 aromatic heterocycles. The van der Waals surface area contributed by atoms with Gasteiger partial charge < -0.3 is 0 Å². The Balaban J connectivity index is 1.81. The van der Waals surface area contributed by atoms with Gasteiger partial charge in [0.1, 0.15) is 5.01 Å². The lowest BCUT2D eigenvalue weighted by atomic mass is 10.1. The molecule has 0 aliphatic heterocycles. The topological polar surface area (TPSA) is 56.0 Å². The summed E-state index contributed by atoms with van der Waals surface area (Å²) in [6.45, 7) is 0.